The van der Waals surface area contributed by atoms with Crippen molar-refractivity contribution >= 4 is 16.9 Å². The number of anilines is 1. The topological polar surface area (TPSA) is 66.1 Å². The summed E-state index contributed by atoms with van der Waals surface area (Å²) >= 11 is 0. The van der Waals surface area contributed by atoms with Gasteiger partial charge in [0.05, 0.1) is 12.5 Å². The Hall–Kier alpha value is -3.38. The van der Waals surface area contributed by atoms with Gasteiger partial charge in [0.1, 0.15) is 23.5 Å². The van der Waals surface area contributed by atoms with Gasteiger partial charge in [0.15, 0.2) is 0 Å². The molecule has 2 N–H and O–H groups in total. The number of aromatic amines is 1. The molecule has 4 rings (SSSR count). The Balaban J connectivity index is 1.53. The lowest BCUT2D eigenvalue weighted by atomic mass is 10.1. The normalized spacial score (nSPS) is 11.2. The van der Waals surface area contributed by atoms with E-state index in [1.807, 2.05) is 18.2 Å². The highest BCUT2D eigenvalue weighted by Crippen LogP contribution is 2.27. The fourth-order valence-electron chi connectivity index (χ4n) is 3.70. The van der Waals surface area contributed by atoms with Crippen LogP contribution in [0.3, 0.4) is 0 Å². The molecule has 0 aliphatic carbocycles. The molecule has 0 fully saturated rings. The van der Waals surface area contributed by atoms with Crippen LogP contribution in [0.15, 0.2) is 60.9 Å². The summed E-state index contributed by atoms with van der Waals surface area (Å²) in [7, 11) is 1.68. The van der Waals surface area contributed by atoms with Crippen LogP contribution in [0, 0.1) is 0 Å². The molecule has 160 valence electrons. The highest BCUT2D eigenvalue weighted by atomic mass is 16.5. The molecule has 2 aromatic carbocycles. The number of H-pyrrole nitrogens is 1. The first-order chi connectivity index (χ1) is 15.2. The summed E-state index contributed by atoms with van der Waals surface area (Å²) in [6, 6.07) is 18.9. The van der Waals surface area contributed by atoms with Crippen LogP contribution in [0.2, 0.25) is 0 Å². The van der Waals surface area contributed by atoms with Gasteiger partial charge in [-0.15, -0.1) is 0 Å². The van der Waals surface area contributed by atoms with E-state index in [1.165, 1.54) is 5.56 Å². The molecule has 0 atom stereocenters. The number of rotatable bonds is 9. The van der Waals surface area contributed by atoms with E-state index in [9.17, 15) is 0 Å². The second kappa shape index (κ2) is 9.62. The molecule has 0 amide bonds. The zero-order valence-electron chi connectivity index (χ0n) is 18.4. The molecule has 0 radical (unpaired) electrons. The van der Waals surface area contributed by atoms with Gasteiger partial charge >= 0.3 is 0 Å². The Kier molecular flexibility index (Phi) is 6.48. The van der Waals surface area contributed by atoms with Crippen molar-refractivity contribution < 1.29 is 4.74 Å². The summed E-state index contributed by atoms with van der Waals surface area (Å²) < 4.78 is 5.31. The number of hydrogen-bond acceptors (Lipinski definition) is 5. The molecule has 0 saturated heterocycles. The van der Waals surface area contributed by atoms with Gasteiger partial charge in [-0.1, -0.05) is 50.2 Å². The van der Waals surface area contributed by atoms with Gasteiger partial charge in [-0.3, -0.25) is 4.90 Å². The number of ether oxygens (including phenoxy) is 1. The molecule has 0 unspecified atom stereocenters. The summed E-state index contributed by atoms with van der Waals surface area (Å²) in [5, 5.41) is 4.41. The van der Waals surface area contributed by atoms with E-state index in [-0.39, 0.29) is 0 Å². The van der Waals surface area contributed by atoms with Crippen LogP contribution in [-0.4, -0.2) is 40.1 Å². The van der Waals surface area contributed by atoms with E-state index in [4.69, 9.17) is 4.74 Å². The van der Waals surface area contributed by atoms with Crippen molar-refractivity contribution in [2.24, 2.45) is 0 Å². The minimum atomic E-state index is 0.657. The van der Waals surface area contributed by atoms with E-state index in [0.717, 1.165) is 59.1 Å². The Morgan fingerprint density at radius 2 is 1.77 bits per heavy atom. The fourth-order valence-corrected chi connectivity index (χ4v) is 3.70. The highest BCUT2D eigenvalue weighted by Gasteiger charge is 2.10. The first kappa shape index (κ1) is 20.9. The summed E-state index contributed by atoms with van der Waals surface area (Å²) in [4.78, 5) is 14.7. The van der Waals surface area contributed by atoms with Crippen molar-refractivity contribution in [2.75, 3.05) is 25.5 Å². The average molecular weight is 416 g/mol. The summed E-state index contributed by atoms with van der Waals surface area (Å²) in [5.41, 5.74) is 5.45. The number of aromatic nitrogens is 3. The molecule has 4 aromatic rings. The van der Waals surface area contributed by atoms with Crippen LogP contribution in [0.1, 0.15) is 25.0 Å². The SMILES string of the molecule is CCN(CC)Cc1ccc(-c2cc3c(NCc4cccc(OC)c4)ncnc3[nH]2)cc1. The maximum absolute atomic E-state index is 5.31. The molecule has 0 bridgehead atoms. The standard InChI is InChI=1S/C25H29N5O/c1-4-30(5-2)16-18-9-11-20(12-10-18)23-14-22-24(27-17-28-25(22)29-23)26-15-19-7-6-8-21(13-19)31-3/h6-14,17H,4-5,15-16H2,1-3H3,(H2,26,27,28,29). The molecule has 31 heavy (non-hydrogen) atoms. The van der Waals surface area contributed by atoms with Crippen molar-refractivity contribution in [3.05, 3.63) is 72.1 Å². The van der Waals surface area contributed by atoms with Crippen LogP contribution in [0.5, 0.6) is 5.75 Å². The summed E-state index contributed by atoms with van der Waals surface area (Å²) in [6.45, 7) is 8.15. The van der Waals surface area contributed by atoms with Crippen molar-refractivity contribution in [1.82, 2.24) is 19.9 Å². The number of nitrogens with zero attached hydrogens (tertiary/aromatic N) is 3. The molecule has 0 saturated carbocycles. The van der Waals surface area contributed by atoms with Crippen molar-refractivity contribution in [2.45, 2.75) is 26.9 Å². The Morgan fingerprint density at radius 1 is 0.968 bits per heavy atom. The molecular formula is C25H29N5O. The van der Waals surface area contributed by atoms with Gasteiger partial charge in [-0.25, -0.2) is 9.97 Å². The smallest absolute Gasteiger partial charge is 0.143 e. The lowest BCUT2D eigenvalue weighted by molar-refractivity contribution is 0.296. The van der Waals surface area contributed by atoms with Gasteiger partial charge in [-0.05, 0) is 48.0 Å². The van der Waals surface area contributed by atoms with Gasteiger partial charge < -0.3 is 15.0 Å². The molecule has 2 aromatic heterocycles. The maximum atomic E-state index is 5.31. The third kappa shape index (κ3) is 4.86. The van der Waals surface area contributed by atoms with Crippen LogP contribution in [0.25, 0.3) is 22.3 Å². The zero-order valence-corrected chi connectivity index (χ0v) is 18.4. The zero-order chi connectivity index (χ0) is 21.6. The minimum Gasteiger partial charge on any atom is -0.497 e. The summed E-state index contributed by atoms with van der Waals surface area (Å²) in [6.07, 6.45) is 1.59. The molecule has 0 aliphatic heterocycles. The lowest BCUT2D eigenvalue weighted by Crippen LogP contribution is -2.21. The van der Waals surface area contributed by atoms with Crippen LogP contribution >= 0.6 is 0 Å². The van der Waals surface area contributed by atoms with Crippen LogP contribution in [-0.2, 0) is 13.1 Å². The molecular weight excluding hydrogens is 386 g/mol. The largest absolute Gasteiger partial charge is 0.497 e. The molecule has 0 aliphatic rings. The van der Waals surface area contributed by atoms with E-state index >= 15 is 0 Å². The predicted molar refractivity (Wildman–Crippen MR) is 126 cm³/mol. The van der Waals surface area contributed by atoms with Crippen molar-refractivity contribution in [3.63, 3.8) is 0 Å². The second-order valence-corrected chi connectivity index (χ2v) is 7.53. The first-order valence-corrected chi connectivity index (χ1v) is 10.7. The quantitative estimate of drug-likeness (QED) is 0.399. The van der Waals surface area contributed by atoms with E-state index in [2.05, 4.69) is 75.4 Å². The number of methoxy groups -OCH3 is 1. The first-order valence-electron chi connectivity index (χ1n) is 10.7. The minimum absolute atomic E-state index is 0.657. The average Bonchev–Trinajstić information content (AvgIpc) is 3.26. The van der Waals surface area contributed by atoms with Crippen molar-refractivity contribution in [1.29, 1.82) is 0 Å². The third-order valence-corrected chi connectivity index (χ3v) is 5.59. The molecule has 6 nitrogen and oxygen atoms in total. The number of benzene rings is 2. The summed E-state index contributed by atoms with van der Waals surface area (Å²) in [5.74, 6) is 1.66. The van der Waals surface area contributed by atoms with E-state index in [1.54, 1.807) is 13.4 Å². The maximum Gasteiger partial charge on any atom is 0.143 e. The van der Waals surface area contributed by atoms with E-state index < -0.39 is 0 Å². The third-order valence-electron chi connectivity index (χ3n) is 5.59. The van der Waals surface area contributed by atoms with E-state index in [0.29, 0.717) is 6.54 Å². The van der Waals surface area contributed by atoms with Crippen LogP contribution in [0.4, 0.5) is 5.82 Å². The van der Waals surface area contributed by atoms with Gasteiger partial charge in [-0.2, -0.15) is 0 Å². The molecule has 6 heteroatoms. The Morgan fingerprint density at radius 3 is 2.52 bits per heavy atom. The predicted octanol–water partition coefficient (Wildman–Crippen LogP) is 5.09. The Labute approximate surface area is 183 Å². The molecule has 2 heterocycles. The number of nitrogens with one attached hydrogen (secondary N) is 2. The second-order valence-electron chi connectivity index (χ2n) is 7.53. The molecule has 0 spiro atoms. The Bertz CT molecular complexity index is 1130. The highest BCUT2D eigenvalue weighted by molar-refractivity contribution is 5.91. The van der Waals surface area contributed by atoms with Crippen molar-refractivity contribution in [3.8, 4) is 17.0 Å². The lowest BCUT2D eigenvalue weighted by Gasteiger charge is -2.17. The van der Waals surface area contributed by atoms with Gasteiger partial charge in [0.25, 0.3) is 0 Å². The fraction of sp³-hybridized carbons (Fsp3) is 0.280. The van der Waals surface area contributed by atoms with Gasteiger partial charge in [0.2, 0.25) is 0 Å². The van der Waals surface area contributed by atoms with Gasteiger partial charge in [0, 0.05) is 18.8 Å². The number of hydrogen-bond donors (Lipinski definition) is 2. The van der Waals surface area contributed by atoms with Crippen LogP contribution < -0.4 is 10.1 Å². The monoisotopic (exact) mass is 415 g/mol. The number of fused-ring (bicyclic) bond motifs is 1.